The van der Waals surface area contributed by atoms with Crippen LogP contribution in [0.25, 0.3) is 0 Å². The van der Waals surface area contributed by atoms with Gasteiger partial charge in [0.25, 0.3) is 5.91 Å². The monoisotopic (exact) mass is 285 g/mol. The highest BCUT2D eigenvalue weighted by atomic mass is 19.4. The molecule has 0 bridgehead atoms. The summed E-state index contributed by atoms with van der Waals surface area (Å²) in [5.74, 6) is -0.337. The standard InChI is InChI=1S/C12H10F3N3O2/c1-6-8(5-17-20-6)11(19)18-7-2-3-10(16)9(4-7)12(13,14)15/h2-5H,16H2,1H3,(H,18,19). The van der Waals surface area contributed by atoms with Crippen LogP contribution in [0.1, 0.15) is 21.7 Å². The maximum atomic E-state index is 12.7. The van der Waals surface area contributed by atoms with Gasteiger partial charge in [0.05, 0.1) is 11.8 Å². The molecular weight excluding hydrogens is 275 g/mol. The molecular formula is C12H10F3N3O2. The first kappa shape index (κ1) is 13.9. The lowest BCUT2D eigenvalue weighted by Crippen LogP contribution is -2.14. The molecule has 20 heavy (non-hydrogen) atoms. The third kappa shape index (κ3) is 2.73. The zero-order chi connectivity index (χ0) is 14.9. The van der Waals surface area contributed by atoms with Gasteiger partial charge < -0.3 is 15.6 Å². The average Bonchev–Trinajstić information content (AvgIpc) is 2.76. The second-order valence-corrected chi connectivity index (χ2v) is 4.05. The number of nitrogen functional groups attached to an aromatic ring is 1. The maximum absolute atomic E-state index is 12.7. The van der Waals surface area contributed by atoms with Gasteiger partial charge in [0.1, 0.15) is 11.3 Å². The number of benzene rings is 1. The van der Waals surface area contributed by atoms with E-state index in [4.69, 9.17) is 10.3 Å². The Morgan fingerprint density at radius 2 is 2.10 bits per heavy atom. The number of rotatable bonds is 2. The Hall–Kier alpha value is -2.51. The number of nitrogens with two attached hydrogens (primary N) is 1. The minimum absolute atomic E-state index is 0.0166. The lowest BCUT2D eigenvalue weighted by Gasteiger charge is -2.12. The van der Waals surface area contributed by atoms with E-state index in [2.05, 4.69) is 10.5 Å². The van der Waals surface area contributed by atoms with Crippen molar-refractivity contribution in [2.75, 3.05) is 11.1 Å². The van der Waals surface area contributed by atoms with Crippen molar-refractivity contribution >= 4 is 17.3 Å². The van der Waals surface area contributed by atoms with E-state index in [-0.39, 0.29) is 17.0 Å². The third-order valence-corrected chi connectivity index (χ3v) is 2.61. The van der Waals surface area contributed by atoms with Crippen LogP contribution in [-0.4, -0.2) is 11.1 Å². The number of alkyl halides is 3. The Morgan fingerprint density at radius 3 is 2.65 bits per heavy atom. The molecule has 8 heteroatoms. The van der Waals surface area contributed by atoms with Gasteiger partial charge in [-0.25, -0.2) is 0 Å². The maximum Gasteiger partial charge on any atom is 0.418 e. The lowest BCUT2D eigenvalue weighted by molar-refractivity contribution is -0.136. The highest BCUT2D eigenvalue weighted by Gasteiger charge is 2.33. The molecule has 0 atom stereocenters. The van der Waals surface area contributed by atoms with Crippen molar-refractivity contribution in [2.24, 2.45) is 0 Å². The molecule has 1 amide bonds. The molecule has 1 aromatic carbocycles. The van der Waals surface area contributed by atoms with E-state index in [0.29, 0.717) is 0 Å². The predicted molar refractivity (Wildman–Crippen MR) is 65.0 cm³/mol. The summed E-state index contributed by atoms with van der Waals surface area (Å²) in [6.07, 6.45) is -3.40. The Bertz CT molecular complexity index is 650. The van der Waals surface area contributed by atoms with E-state index in [1.54, 1.807) is 0 Å². The van der Waals surface area contributed by atoms with Crippen molar-refractivity contribution in [2.45, 2.75) is 13.1 Å². The normalized spacial score (nSPS) is 11.4. The van der Waals surface area contributed by atoms with Gasteiger partial charge >= 0.3 is 6.18 Å². The van der Waals surface area contributed by atoms with Gasteiger partial charge in [0.15, 0.2) is 0 Å². The van der Waals surface area contributed by atoms with Crippen molar-refractivity contribution in [1.29, 1.82) is 0 Å². The molecule has 0 unspecified atom stereocenters. The second kappa shape index (κ2) is 4.87. The van der Waals surface area contributed by atoms with E-state index in [1.165, 1.54) is 19.2 Å². The average molecular weight is 285 g/mol. The quantitative estimate of drug-likeness (QED) is 0.831. The van der Waals surface area contributed by atoms with Gasteiger partial charge in [-0.15, -0.1) is 0 Å². The SMILES string of the molecule is Cc1oncc1C(=O)Nc1ccc(N)c(C(F)(F)F)c1. The lowest BCUT2D eigenvalue weighted by atomic mass is 10.1. The molecule has 0 saturated heterocycles. The first-order chi connectivity index (χ1) is 9.29. The molecule has 1 aromatic heterocycles. The highest BCUT2D eigenvalue weighted by molar-refractivity contribution is 6.04. The Balaban J connectivity index is 2.27. The third-order valence-electron chi connectivity index (χ3n) is 2.61. The van der Waals surface area contributed by atoms with Gasteiger partial charge in [-0.3, -0.25) is 4.79 Å². The number of aromatic nitrogens is 1. The molecule has 0 aliphatic rings. The van der Waals surface area contributed by atoms with Crippen molar-refractivity contribution in [3.63, 3.8) is 0 Å². The molecule has 106 valence electrons. The fourth-order valence-electron chi connectivity index (χ4n) is 1.59. The number of hydrogen-bond acceptors (Lipinski definition) is 4. The number of carbonyl (C=O) groups is 1. The molecule has 5 nitrogen and oxygen atoms in total. The van der Waals surface area contributed by atoms with Gasteiger partial charge in [-0.1, -0.05) is 5.16 Å². The van der Waals surface area contributed by atoms with E-state index in [9.17, 15) is 18.0 Å². The summed E-state index contributed by atoms with van der Waals surface area (Å²) in [6.45, 7) is 1.52. The summed E-state index contributed by atoms with van der Waals surface area (Å²) in [6, 6.07) is 3.14. The number of halogens is 3. The molecule has 0 aliphatic heterocycles. The Morgan fingerprint density at radius 1 is 1.40 bits per heavy atom. The van der Waals surface area contributed by atoms with Crippen LogP contribution in [0.15, 0.2) is 28.9 Å². The predicted octanol–water partition coefficient (Wildman–Crippen LogP) is 2.84. The number of aryl methyl sites for hydroxylation is 1. The van der Waals surface area contributed by atoms with E-state index < -0.39 is 23.3 Å². The van der Waals surface area contributed by atoms with Crippen LogP contribution in [0.5, 0.6) is 0 Å². The number of carbonyl (C=O) groups excluding carboxylic acids is 1. The molecule has 3 N–H and O–H groups in total. The zero-order valence-electron chi connectivity index (χ0n) is 10.3. The van der Waals surface area contributed by atoms with Crippen LogP contribution in [-0.2, 0) is 6.18 Å². The van der Waals surface area contributed by atoms with Crippen molar-refractivity contribution in [1.82, 2.24) is 5.16 Å². The molecule has 1 heterocycles. The van der Waals surface area contributed by atoms with E-state index >= 15 is 0 Å². The second-order valence-electron chi connectivity index (χ2n) is 4.05. The van der Waals surface area contributed by atoms with Crippen molar-refractivity contribution < 1.29 is 22.5 Å². The molecule has 0 fully saturated rings. The van der Waals surface area contributed by atoms with Crippen LogP contribution in [0.2, 0.25) is 0 Å². The Labute approximate surface area is 111 Å². The van der Waals surface area contributed by atoms with E-state index in [0.717, 1.165) is 12.1 Å². The molecule has 2 aromatic rings. The summed E-state index contributed by atoms with van der Waals surface area (Å²) in [5, 5.41) is 5.75. The molecule has 0 spiro atoms. The van der Waals surface area contributed by atoms with E-state index in [1.807, 2.05) is 0 Å². The highest BCUT2D eigenvalue weighted by Crippen LogP contribution is 2.35. The number of amides is 1. The fourth-order valence-corrected chi connectivity index (χ4v) is 1.59. The minimum Gasteiger partial charge on any atom is -0.398 e. The van der Waals surface area contributed by atoms with Gasteiger partial charge in [-0.05, 0) is 25.1 Å². The minimum atomic E-state index is -4.59. The van der Waals surface area contributed by atoms with Crippen LogP contribution in [0.3, 0.4) is 0 Å². The number of anilines is 2. The summed E-state index contributed by atoms with van der Waals surface area (Å²) < 4.78 is 42.8. The molecule has 0 radical (unpaired) electrons. The van der Waals surface area contributed by atoms with Crippen LogP contribution in [0, 0.1) is 6.92 Å². The summed E-state index contributed by atoms with van der Waals surface area (Å²) in [4.78, 5) is 11.8. The fraction of sp³-hybridized carbons (Fsp3) is 0.167. The van der Waals surface area contributed by atoms with Gasteiger partial charge in [-0.2, -0.15) is 13.2 Å². The first-order valence-electron chi connectivity index (χ1n) is 5.48. The molecule has 0 aliphatic carbocycles. The first-order valence-corrected chi connectivity index (χ1v) is 5.48. The Kier molecular flexibility index (Phi) is 3.39. The van der Waals surface area contributed by atoms with Gasteiger partial charge in [0.2, 0.25) is 0 Å². The number of nitrogens with zero attached hydrogens (tertiary/aromatic N) is 1. The van der Waals surface area contributed by atoms with Crippen LogP contribution >= 0.6 is 0 Å². The van der Waals surface area contributed by atoms with Crippen LogP contribution < -0.4 is 11.1 Å². The van der Waals surface area contributed by atoms with Crippen molar-refractivity contribution in [3.05, 3.63) is 41.3 Å². The smallest absolute Gasteiger partial charge is 0.398 e. The zero-order valence-corrected chi connectivity index (χ0v) is 10.3. The van der Waals surface area contributed by atoms with Crippen LogP contribution in [0.4, 0.5) is 24.5 Å². The summed E-state index contributed by atoms with van der Waals surface area (Å²) in [5.41, 5.74) is 3.99. The van der Waals surface area contributed by atoms with Crippen molar-refractivity contribution in [3.8, 4) is 0 Å². The largest absolute Gasteiger partial charge is 0.418 e. The molecule has 2 rings (SSSR count). The topological polar surface area (TPSA) is 81.2 Å². The summed E-state index contributed by atoms with van der Waals surface area (Å²) in [7, 11) is 0. The summed E-state index contributed by atoms with van der Waals surface area (Å²) >= 11 is 0. The number of nitrogens with one attached hydrogen (secondary N) is 1. The van der Waals surface area contributed by atoms with Gasteiger partial charge in [0, 0.05) is 11.4 Å². The number of hydrogen-bond donors (Lipinski definition) is 2. The molecule has 0 saturated carbocycles.